The average molecular weight is 301 g/mol. The summed E-state index contributed by atoms with van der Waals surface area (Å²) < 4.78 is 15.2. The Morgan fingerprint density at radius 2 is 1.94 bits per heavy atom. The second-order valence-electron chi connectivity index (χ2n) is 4.67. The van der Waals surface area contributed by atoms with E-state index >= 15 is 0 Å². The highest BCUT2D eigenvalue weighted by molar-refractivity contribution is 9.10. The monoisotopic (exact) mass is 300 g/mol. The summed E-state index contributed by atoms with van der Waals surface area (Å²) in [6.45, 7) is 1.80. The van der Waals surface area contributed by atoms with Crippen LogP contribution in [0.4, 0.5) is 10.1 Å². The van der Waals surface area contributed by atoms with Crippen LogP contribution < -0.4 is 10.6 Å². The molecule has 0 aliphatic carbocycles. The summed E-state index contributed by atoms with van der Waals surface area (Å²) in [5.74, 6) is 0. The maximum Gasteiger partial charge on any atom is 0.124 e. The maximum atomic E-state index is 14.2. The molecule has 2 nitrogen and oxygen atoms in total. The van der Waals surface area contributed by atoms with E-state index in [2.05, 4.69) is 33.0 Å². The van der Waals surface area contributed by atoms with Crippen molar-refractivity contribution in [3.05, 3.63) is 28.7 Å². The third-order valence-corrected chi connectivity index (χ3v) is 3.97. The van der Waals surface area contributed by atoms with Gasteiger partial charge in [-0.3, -0.25) is 0 Å². The first-order valence-electron chi connectivity index (χ1n) is 6.02. The van der Waals surface area contributed by atoms with E-state index in [0.29, 0.717) is 12.8 Å². The molecule has 4 heteroatoms. The van der Waals surface area contributed by atoms with Gasteiger partial charge in [-0.15, -0.1) is 0 Å². The van der Waals surface area contributed by atoms with Gasteiger partial charge in [0.05, 0.1) is 0 Å². The molecule has 1 aromatic rings. The van der Waals surface area contributed by atoms with Gasteiger partial charge in [0.2, 0.25) is 0 Å². The van der Waals surface area contributed by atoms with Crippen molar-refractivity contribution in [3.8, 4) is 0 Å². The van der Waals surface area contributed by atoms with Crippen LogP contribution in [-0.4, -0.2) is 25.3 Å². The maximum absolute atomic E-state index is 14.2. The van der Waals surface area contributed by atoms with Gasteiger partial charge in [-0.25, -0.2) is 4.39 Å². The van der Waals surface area contributed by atoms with Crippen LogP contribution in [0.2, 0.25) is 0 Å². The van der Waals surface area contributed by atoms with Crippen molar-refractivity contribution in [1.29, 1.82) is 0 Å². The van der Waals surface area contributed by atoms with Crippen molar-refractivity contribution in [2.45, 2.75) is 24.9 Å². The molecule has 2 N–H and O–H groups in total. The third kappa shape index (κ3) is 3.19. The van der Waals surface area contributed by atoms with E-state index < -0.39 is 5.67 Å². The van der Waals surface area contributed by atoms with Crippen LogP contribution in [0.5, 0.6) is 0 Å². The number of anilines is 1. The number of hydrogen-bond donors (Lipinski definition) is 1. The normalized spacial score (nSPS) is 25.7. The highest BCUT2D eigenvalue weighted by atomic mass is 79.9. The van der Waals surface area contributed by atoms with E-state index in [4.69, 9.17) is 5.73 Å². The van der Waals surface area contributed by atoms with Crippen LogP contribution in [-0.2, 0) is 0 Å². The number of benzene rings is 1. The molecule has 0 spiro atoms. The number of hydrogen-bond acceptors (Lipinski definition) is 2. The topological polar surface area (TPSA) is 29.3 Å². The molecule has 1 unspecified atom stereocenters. The third-order valence-electron chi connectivity index (χ3n) is 3.44. The van der Waals surface area contributed by atoms with E-state index in [0.717, 1.165) is 29.7 Å². The van der Waals surface area contributed by atoms with Crippen LogP contribution in [0.3, 0.4) is 0 Å². The van der Waals surface area contributed by atoms with Crippen LogP contribution in [0.15, 0.2) is 28.7 Å². The van der Waals surface area contributed by atoms with E-state index in [-0.39, 0.29) is 6.54 Å². The summed E-state index contributed by atoms with van der Waals surface area (Å²) in [6.07, 6.45) is 1.97. The Bertz CT molecular complexity index is 368. The van der Waals surface area contributed by atoms with Crippen LogP contribution in [0, 0.1) is 0 Å². The highest BCUT2D eigenvalue weighted by Gasteiger charge is 2.30. The first-order chi connectivity index (χ1) is 8.13. The Morgan fingerprint density at radius 3 is 2.59 bits per heavy atom. The standard InChI is InChI=1S/C13H18BrFN2/c14-11-2-4-12(5-3-11)17-8-1-6-13(15,10-16)7-9-17/h2-5H,1,6-10,16H2. The molecule has 1 heterocycles. The average Bonchev–Trinajstić information content (AvgIpc) is 2.53. The molecule has 2 rings (SSSR count). The van der Waals surface area contributed by atoms with Crippen LogP contribution in [0.25, 0.3) is 0 Å². The lowest BCUT2D eigenvalue weighted by Crippen LogP contribution is -2.34. The van der Waals surface area contributed by atoms with Gasteiger partial charge < -0.3 is 10.6 Å². The van der Waals surface area contributed by atoms with Crippen molar-refractivity contribution in [3.63, 3.8) is 0 Å². The van der Waals surface area contributed by atoms with Gasteiger partial charge in [-0.2, -0.15) is 0 Å². The predicted molar refractivity (Wildman–Crippen MR) is 73.1 cm³/mol. The van der Waals surface area contributed by atoms with Gasteiger partial charge in [-0.05, 0) is 37.1 Å². The van der Waals surface area contributed by atoms with Crippen LogP contribution >= 0.6 is 15.9 Å². The summed E-state index contributed by atoms with van der Waals surface area (Å²) in [5.41, 5.74) is 5.51. The first kappa shape index (κ1) is 12.8. The minimum atomic E-state index is -1.16. The van der Waals surface area contributed by atoms with Gasteiger partial charge in [0, 0.05) is 36.2 Å². The van der Waals surface area contributed by atoms with Crippen molar-refractivity contribution in [2.75, 3.05) is 24.5 Å². The van der Waals surface area contributed by atoms with Gasteiger partial charge in [0.15, 0.2) is 0 Å². The SMILES string of the molecule is NCC1(F)CCCN(c2ccc(Br)cc2)CC1. The number of rotatable bonds is 2. The van der Waals surface area contributed by atoms with E-state index in [1.54, 1.807) is 0 Å². The van der Waals surface area contributed by atoms with E-state index in [9.17, 15) is 4.39 Å². The summed E-state index contributed by atoms with van der Waals surface area (Å²) in [6, 6.07) is 8.17. The molecule has 1 aliphatic heterocycles. The lowest BCUT2D eigenvalue weighted by molar-refractivity contribution is 0.155. The molecule has 0 bridgehead atoms. The quantitative estimate of drug-likeness (QED) is 0.909. The Morgan fingerprint density at radius 1 is 1.24 bits per heavy atom. The zero-order valence-corrected chi connectivity index (χ0v) is 11.4. The molecule has 17 heavy (non-hydrogen) atoms. The molecular formula is C13H18BrFN2. The number of halogens is 2. The lowest BCUT2D eigenvalue weighted by atomic mass is 9.97. The molecule has 1 atom stereocenters. The molecule has 0 saturated carbocycles. The minimum Gasteiger partial charge on any atom is -0.371 e. The van der Waals surface area contributed by atoms with Gasteiger partial charge in [0.1, 0.15) is 5.67 Å². The van der Waals surface area contributed by atoms with E-state index in [1.165, 1.54) is 0 Å². The second-order valence-corrected chi connectivity index (χ2v) is 5.59. The Balaban J connectivity index is 2.06. The van der Waals surface area contributed by atoms with Crippen molar-refractivity contribution in [2.24, 2.45) is 5.73 Å². The molecule has 1 aliphatic rings. The zero-order chi connectivity index (χ0) is 12.3. The predicted octanol–water partition coefficient (Wildman–Crippen LogP) is 3.11. The first-order valence-corrected chi connectivity index (χ1v) is 6.82. The van der Waals surface area contributed by atoms with Crippen molar-refractivity contribution >= 4 is 21.6 Å². The van der Waals surface area contributed by atoms with Gasteiger partial charge in [0.25, 0.3) is 0 Å². The number of nitrogens with zero attached hydrogens (tertiary/aromatic N) is 1. The second kappa shape index (κ2) is 5.36. The molecule has 1 saturated heterocycles. The Kier molecular flexibility index (Phi) is 4.05. The Hall–Kier alpha value is -0.610. The largest absolute Gasteiger partial charge is 0.371 e. The molecule has 1 fully saturated rings. The summed E-state index contributed by atoms with van der Waals surface area (Å²) in [7, 11) is 0. The molecule has 94 valence electrons. The number of nitrogens with two attached hydrogens (primary N) is 1. The van der Waals surface area contributed by atoms with Crippen molar-refractivity contribution in [1.82, 2.24) is 0 Å². The highest BCUT2D eigenvalue weighted by Crippen LogP contribution is 2.28. The molecule has 0 amide bonds. The molecule has 0 radical (unpaired) electrons. The minimum absolute atomic E-state index is 0.140. The smallest absolute Gasteiger partial charge is 0.124 e. The van der Waals surface area contributed by atoms with Gasteiger partial charge in [-0.1, -0.05) is 15.9 Å². The fourth-order valence-electron chi connectivity index (χ4n) is 2.27. The molecular weight excluding hydrogens is 283 g/mol. The van der Waals surface area contributed by atoms with Crippen LogP contribution in [0.1, 0.15) is 19.3 Å². The van der Waals surface area contributed by atoms with Crippen molar-refractivity contribution < 1.29 is 4.39 Å². The Labute approximate surface area is 110 Å². The molecule has 0 aromatic heterocycles. The summed E-state index contributed by atoms with van der Waals surface area (Å²) >= 11 is 3.42. The zero-order valence-electron chi connectivity index (χ0n) is 9.83. The fourth-order valence-corrected chi connectivity index (χ4v) is 2.54. The van der Waals surface area contributed by atoms with Gasteiger partial charge >= 0.3 is 0 Å². The fraction of sp³-hybridized carbons (Fsp3) is 0.538. The number of alkyl halides is 1. The van der Waals surface area contributed by atoms with E-state index in [1.807, 2.05) is 12.1 Å². The summed E-state index contributed by atoms with van der Waals surface area (Å²) in [5, 5.41) is 0. The lowest BCUT2D eigenvalue weighted by Gasteiger charge is -2.24. The summed E-state index contributed by atoms with van der Waals surface area (Å²) in [4.78, 5) is 2.24. The molecule has 1 aromatic carbocycles.